The van der Waals surface area contributed by atoms with E-state index < -0.39 is 0 Å². The van der Waals surface area contributed by atoms with Crippen molar-refractivity contribution in [2.75, 3.05) is 11.9 Å². The highest BCUT2D eigenvalue weighted by molar-refractivity contribution is 9.09. The van der Waals surface area contributed by atoms with Crippen LogP contribution in [0.1, 0.15) is 7.77 Å². The van der Waals surface area contributed by atoms with Gasteiger partial charge in [0.15, 0.2) is 0 Å². The molecule has 0 radical (unpaired) electrons. The Balaban J connectivity index is 2.16. The van der Waals surface area contributed by atoms with Crippen molar-refractivity contribution in [3.63, 3.8) is 0 Å². The third-order valence-corrected chi connectivity index (χ3v) is 1.46. The lowest BCUT2D eigenvalue weighted by atomic mass is 10.2. The van der Waals surface area contributed by atoms with Gasteiger partial charge < -0.3 is 4.74 Å². The van der Waals surface area contributed by atoms with Crippen LogP contribution in [-0.4, -0.2) is 18.0 Å². The van der Waals surface area contributed by atoms with Crippen LogP contribution in [0, 0.1) is 0 Å². The second kappa shape index (κ2) is 1.94. The number of halogens is 1. The largest absolute Gasteiger partial charge is 0.377 e. The SMILES string of the molecule is [2H]C1COC1CBr. The second-order valence-electron chi connectivity index (χ2n) is 1.26. The molecule has 0 aromatic carbocycles. The molecule has 1 aliphatic heterocycles. The summed E-state index contributed by atoms with van der Waals surface area (Å²) in [6.45, 7) is 0.621. The Morgan fingerprint density at radius 2 is 3.00 bits per heavy atom. The fourth-order valence-electron chi connectivity index (χ4n) is 0.340. The number of hydrogen-bond acceptors (Lipinski definition) is 1. The Kier molecular flexibility index (Phi) is 1.11. The van der Waals surface area contributed by atoms with Crippen LogP contribution in [0.5, 0.6) is 0 Å². The molecule has 1 aliphatic rings. The van der Waals surface area contributed by atoms with Gasteiger partial charge in [-0.1, -0.05) is 15.9 Å². The van der Waals surface area contributed by atoms with Crippen molar-refractivity contribution in [2.24, 2.45) is 0 Å². The van der Waals surface area contributed by atoms with Crippen LogP contribution in [-0.2, 0) is 4.74 Å². The first kappa shape index (κ1) is 3.44. The first-order valence-corrected chi connectivity index (χ1v) is 3.06. The highest BCUT2D eigenvalue weighted by Gasteiger charge is 2.14. The molecular formula is C4H7BrO. The van der Waals surface area contributed by atoms with Gasteiger partial charge in [-0.05, 0) is 6.40 Å². The van der Waals surface area contributed by atoms with Crippen LogP contribution < -0.4 is 0 Å². The smallest absolute Gasteiger partial charge is 0.0693 e. The molecule has 36 valence electrons. The fraction of sp³-hybridized carbons (Fsp3) is 1.00. The molecule has 2 atom stereocenters. The van der Waals surface area contributed by atoms with Crippen molar-refractivity contribution in [2.45, 2.75) is 12.5 Å². The molecule has 0 aliphatic carbocycles. The first-order chi connectivity index (χ1) is 3.34. The van der Waals surface area contributed by atoms with Crippen LogP contribution >= 0.6 is 15.9 Å². The summed E-state index contributed by atoms with van der Waals surface area (Å²) in [6, 6.07) is 0. The fourth-order valence-corrected chi connectivity index (χ4v) is 0.791. The van der Waals surface area contributed by atoms with Crippen LogP contribution in [0.25, 0.3) is 0 Å². The van der Waals surface area contributed by atoms with E-state index in [0.29, 0.717) is 6.61 Å². The molecule has 6 heavy (non-hydrogen) atoms. The third kappa shape index (κ3) is 0.738. The topological polar surface area (TPSA) is 9.23 Å². The molecule has 1 rings (SSSR count). The summed E-state index contributed by atoms with van der Waals surface area (Å²) < 4.78 is 12.1. The number of rotatable bonds is 1. The van der Waals surface area contributed by atoms with Gasteiger partial charge in [-0.3, -0.25) is 0 Å². The van der Waals surface area contributed by atoms with Gasteiger partial charge >= 0.3 is 0 Å². The minimum atomic E-state index is 0.0272. The van der Waals surface area contributed by atoms with E-state index in [-0.39, 0.29) is 12.5 Å². The van der Waals surface area contributed by atoms with E-state index in [1.807, 2.05) is 0 Å². The summed E-state index contributed by atoms with van der Waals surface area (Å²) in [7, 11) is 0. The zero-order valence-corrected chi connectivity index (χ0v) is 4.94. The van der Waals surface area contributed by atoms with Crippen molar-refractivity contribution in [1.82, 2.24) is 0 Å². The average Bonchev–Trinajstić information content (AvgIpc) is 1.65. The van der Waals surface area contributed by atoms with Gasteiger partial charge in [0.25, 0.3) is 0 Å². The standard InChI is InChI=1S/C4H7BrO/c5-3-4-1-2-6-4/h4H,1-3H2/i1D. The van der Waals surface area contributed by atoms with Crippen LogP contribution in [0.2, 0.25) is 0 Å². The molecular weight excluding hydrogens is 144 g/mol. The normalized spacial score (nSPS) is 47.2. The van der Waals surface area contributed by atoms with Crippen LogP contribution in [0.4, 0.5) is 0 Å². The molecule has 0 aromatic heterocycles. The van der Waals surface area contributed by atoms with Crippen molar-refractivity contribution >= 4 is 15.9 Å². The Bertz CT molecular complexity index is 66.7. The molecule has 1 heterocycles. The molecule has 2 unspecified atom stereocenters. The lowest BCUT2D eigenvalue weighted by Gasteiger charge is -2.23. The van der Waals surface area contributed by atoms with Gasteiger partial charge in [-0.15, -0.1) is 0 Å². The molecule has 0 aromatic rings. The van der Waals surface area contributed by atoms with Crippen molar-refractivity contribution in [1.29, 1.82) is 0 Å². The lowest BCUT2D eigenvalue weighted by molar-refractivity contribution is -0.0335. The lowest BCUT2D eigenvalue weighted by Crippen LogP contribution is -2.27. The van der Waals surface area contributed by atoms with Crippen LogP contribution in [0.15, 0.2) is 0 Å². The maximum Gasteiger partial charge on any atom is 0.0693 e. The summed E-state index contributed by atoms with van der Waals surface area (Å²) >= 11 is 3.22. The second-order valence-corrected chi connectivity index (χ2v) is 1.91. The Hall–Kier alpha value is 0.440. The predicted octanol–water partition coefficient (Wildman–Crippen LogP) is 1.17. The van der Waals surface area contributed by atoms with Gasteiger partial charge in [0.05, 0.1) is 6.10 Å². The van der Waals surface area contributed by atoms with E-state index in [1.54, 1.807) is 0 Å². The summed E-state index contributed by atoms with van der Waals surface area (Å²) in [5.41, 5.74) is 0. The molecule has 0 amide bonds. The quantitative estimate of drug-likeness (QED) is 0.512. The molecule has 1 saturated heterocycles. The molecule has 1 fully saturated rings. The third-order valence-electron chi connectivity index (χ3n) is 0.821. The molecule has 1 nitrogen and oxygen atoms in total. The highest BCUT2D eigenvalue weighted by atomic mass is 79.9. The maximum absolute atomic E-state index is 7.12. The maximum atomic E-state index is 7.12. The van der Waals surface area contributed by atoms with Crippen LogP contribution in [0.3, 0.4) is 0 Å². The van der Waals surface area contributed by atoms with E-state index in [4.69, 9.17) is 6.11 Å². The highest BCUT2D eigenvalue weighted by Crippen LogP contribution is 2.11. The summed E-state index contributed by atoms with van der Waals surface area (Å²) in [5, 5.41) is 0.807. The predicted molar refractivity (Wildman–Crippen MR) is 28.2 cm³/mol. The van der Waals surface area contributed by atoms with E-state index in [0.717, 1.165) is 5.33 Å². The minimum absolute atomic E-state index is 0.0272. The van der Waals surface area contributed by atoms with Gasteiger partial charge in [0.1, 0.15) is 0 Å². The monoisotopic (exact) mass is 151 g/mol. The molecule has 0 saturated carbocycles. The zero-order valence-electron chi connectivity index (χ0n) is 4.36. The molecule has 0 spiro atoms. The average molecular weight is 152 g/mol. The van der Waals surface area contributed by atoms with Crippen molar-refractivity contribution < 1.29 is 6.11 Å². The van der Waals surface area contributed by atoms with E-state index >= 15 is 0 Å². The summed E-state index contributed by atoms with van der Waals surface area (Å²) in [6.07, 6.45) is 0.194. The Labute approximate surface area is 47.2 Å². The Morgan fingerprint density at radius 1 is 2.17 bits per heavy atom. The van der Waals surface area contributed by atoms with Gasteiger partial charge in [0.2, 0.25) is 0 Å². The number of ether oxygens (including phenoxy) is 1. The van der Waals surface area contributed by atoms with Gasteiger partial charge in [0, 0.05) is 13.3 Å². The van der Waals surface area contributed by atoms with E-state index in [9.17, 15) is 0 Å². The molecule has 0 bridgehead atoms. The van der Waals surface area contributed by atoms with Crippen molar-refractivity contribution in [3.8, 4) is 0 Å². The van der Waals surface area contributed by atoms with E-state index in [2.05, 4.69) is 15.9 Å². The summed E-state index contributed by atoms with van der Waals surface area (Å²) in [4.78, 5) is 0. The van der Waals surface area contributed by atoms with Gasteiger partial charge in [-0.2, -0.15) is 0 Å². The minimum Gasteiger partial charge on any atom is -0.377 e. The summed E-state index contributed by atoms with van der Waals surface area (Å²) in [5.74, 6) is 0. The van der Waals surface area contributed by atoms with Crippen molar-refractivity contribution in [3.05, 3.63) is 0 Å². The Morgan fingerprint density at radius 3 is 3.00 bits per heavy atom. The van der Waals surface area contributed by atoms with E-state index in [1.165, 1.54) is 0 Å². The first-order valence-electron chi connectivity index (χ1n) is 2.52. The van der Waals surface area contributed by atoms with Gasteiger partial charge in [-0.25, -0.2) is 0 Å². The number of hydrogen-bond donors (Lipinski definition) is 0. The zero-order chi connectivity index (χ0) is 5.28. The molecule has 0 N–H and O–H groups in total. The molecule has 2 heteroatoms. The number of alkyl halides is 1.